The van der Waals surface area contributed by atoms with E-state index in [1.54, 1.807) is 0 Å². The molecule has 0 radical (unpaired) electrons. The average Bonchev–Trinajstić information content (AvgIpc) is 3.30. The highest BCUT2D eigenvalue weighted by Crippen LogP contribution is 2.65. The first-order chi connectivity index (χ1) is 16.5. The molecule has 196 valence electrons. The van der Waals surface area contributed by atoms with E-state index in [-0.39, 0.29) is 25.1 Å². The molecule has 2 heterocycles. The van der Waals surface area contributed by atoms with Gasteiger partial charge in [0.05, 0.1) is 19.1 Å². The molecule has 15 heteroatoms. The molecule has 0 amide bonds. The number of sulfonamides is 1. The number of ether oxygens (including phenoxy) is 2. The molecule has 2 N–H and O–H groups in total. The third-order valence-corrected chi connectivity index (χ3v) is 9.97. The molecule has 1 aliphatic heterocycles. The number of hydrogen-bond acceptors (Lipinski definition) is 10. The number of nitriles is 1. The Labute approximate surface area is 205 Å². The van der Waals surface area contributed by atoms with Gasteiger partial charge >= 0.3 is 5.69 Å². The Hall–Kier alpha value is -1.69. The van der Waals surface area contributed by atoms with Crippen LogP contribution in [0.1, 0.15) is 40.3 Å². The van der Waals surface area contributed by atoms with Gasteiger partial charge in [-0.2, -0.15) is 5.26 Å². The second kappa shape index (κ2) is 10.7. The van der Waals surface area contributed by atoms with Crippen molar-refractivity contribution in [1.29, 1.82) is 5.26 Å². The number of nitrogens with zero attached hydrogens (tertiary/aromatic N) is 3. The minimum absolute atomic E-state index is 0.0305. The topological polar surface area (TPSA) is 165 Å². The number of fused-ring (bicyclic) bond motifs is 1. The number of methoxy groups -OCH3 is 1. The fourth-order valence-electron chi connectivity index (χ4n) is 4.51. The lowest BCUT2D eigenvalue weighted by Crippen LogP contribution is -2.47. The summed E-state index contributed by atoms with van der Waals surface area (Å²) in [4.78, 5) is 26.2. The zero-order valence-electron chi connectivity index (χ0n) is 20.5. The first-order valence-electron chi connectivity index (χ1n) is 11.2. The molecule has 2 unspecified atom stereocenters. The van der Waals surface area contributed by atoms with Crippen molar-refractivity contribution in [2.24, 2.45) is 0 Å². The van der Waals surface area contributed by atoms with Gasteiger partial charge in [0.2, 0.25) is 10.0 Å². The fourth-order valence-corrected chi connectivity index (χ4v) is 8.04. The summed E-state index contributed by atoms with van der Waals surface area (Å²) < 4.78 is 55.6. The van der Waals surface area contributed by atoms with Crippen LogP contribution >= 0.6 is 8.53 Å². The molecule has 3 rings (SSSR count). The number of rotatable bonds is 12. The van der Waals surface area contributed by atoms with Crippen molar-refractivity contribution in [3.63, 3.8) is 0 Å². The summed E-state index contributed by atoms with van der Waals surface area (Å²) in [6.45, 7) is 7.91. The van der Waals surface area contributed by atoms with Crippen LogP contribution in [0, 0.1) is 11.3 Å². The Bertz CT molecular complexity index is 1160. The molecule has 0 aromatic carbocycles. The molecular weight excluding hydrogens is 501 g/mol. The third kappa shape index (κ3) is 5.10. The Morgan fingerprint density at radius 2 is 2.00 bits per heavy atom. The fraction of sp³-hybridized carbons (Fsp3) is 0.750. The van der Waals surface area contributed by atoms with E-state index in [0.717, 1.165) is 10.6 Å². The summed E-state index contributed by atoms with van der Waals surface area (Å²) in [7, 11) is -3.08. The van der Waals surface area contributed by atoms with Gasteiger partial charge in [-0.15, -0.1) is 0 Å². The van der Waals surface area contributed by atoms with Gasteiger partial charge in [0.15, 0.2) is 11.8 Å². The van der Waals surface area contributed by atoms with Gasteiger partial charge in [-0.1, -0.05) is 0 Å². The highest BCUT2D eigenvalue weighted by molar-refractivity contribution is 7.90. The van der Waals surface area contributed by atoms with Crippen molar-refractivity contribution >= 4 is 18.5 Å². The average molecular weight is 534 g/mol. The van der Waals surface area contributed by atoms with E-state index in [1.165, 1.54) is 20.4 Å². The summed E-state index contributed by atoms with van der Waals surface area (Å²) in [6, 6.07) is 3.12. The van der Waals surface area contributed by atoms with E-state index in [4.69, 9.17) is 23.8 Å². The largest absolute Gasteiger partial charge is 0.374 e. The zero-order valence-corrected chi connectivity index (χ0v) is 22.2. The van der Waals surface area contributed by atoms with Crippen molar-refractivity contribution in [2.45, 2.75) is 75.5 Å². The predicted molar refractivity (Wildman–Crippen MR) is 127 cm³/mol. The maximum atomic E-state index is 12.9. The second-order valence-corrected chi connectivity index (χ2v) is 12.2. The number of aromatic amines is 1. The monoisotopic (exact) mass is 533 g/mol. The summed E-state index contributed by atoms with van der Waals surface area (Å²) in [5.74, 6) is 0. The number of hydrogen-bond donors (Lipinski definition) is 2. The van der Waals surface area contributed by atoms with Crippen molar-refractivity contribution in [3.05, 3.63) is 33.1 Å². The molecule has 1 saturated heterocycles. The van der Waals surface area contributed by atoms with Crippen molar-refractivity contribution in [2.75, 3.05) is 20.8 Å². The quantitative estimate of drug-likeness (QED) is 0.284. The van der Waals surface area contributed by atoms with Crippen LogP contribution in [0.2, 0.25) is 0 Å². The molecule has 2 aliphatic rings. The Morgan fingerprint density at radius 3 is 2.51 bits per heavy atom. The van der Waals surface area contributed by atoms with Gasteiger partial charge in [-0.25, -0.2) is 22.6 Å². The molecular formula is C20H32N5O8PS. The van der Waals surface area contributed by atoms with Crippen LogP contribution < -0.4 is 16.0 Å². The zero-order chi connectivity index (χ0) is 26.1. The molecule has 0 bridgehead atoms. The van der Waals surface area contributed by atoms with Crippen LogP contribution in [0.5, 0.6) is 0 Å². The molecule has 1 aromatic rings. The SMILES string of the molecule is CNS(=O)(=O)C1[C@H]2O[C@@H](n3ccc(=O)[nH]c3=O)[C@H](OC)[C@@]12OP(OCCC#N)N(C(C)C)C(C)C. The lowest BCUT2D eigenvalue weighted by atomic mass is 10.1. The standard InChI is InChI=1S/C20H32N5O8PS/c1-12(2)25(13(3)4)34(31-11-7-9-21)33-20-15(17(20)35(28,29)22-5)32-18(16(20)30-6)24-10-8-14(26)23-19(24)27/h8,10,12-13,15-18,22H,7,11H2,1-6H3,(H,23,26,27)/t15-,16+,17?,18-,20-,34?/m1/s1. The van der Waals surface area contributed by atoms with Crippen LogP contribution in [-0.4, -0.2) is 78.5 Å². The first kappa shape index (κ1) is 27.9. The van der Waals surface area contributed by atoms with E-state index in [0.29, 0.717) is 0 Å². The van der Waals surface area contributed by atoms with E-state index in [1.807, 2.05) is 38.4 Å². The third-order valence-electron chi connectivity index (χ3n) is 5.94. The summed E-state index contributed by atoms with van der Waals surface area (Å²) >= 11 is 0. The van der Waals surface area contributed by atoms with Gasteiger partial charge in [0.1, 0.15) is 17.5 Å². The molecule has 35 heavy (non-hydrogen) atoms. The molecule has 1 aromatic heterocycles. The number of H-pyrrole nitrogens is 1. The van der Waals surface area contributed by atoms with Gasteiger partial charge in [0.25, 0.3) is 14.1 Å². The van der Waals surface area contributed by atoms with Gasteiger partial charge in [-0.3, -0.25) is 14.3 Å². The van der Waals surface area contributed by atoms with E-state index >= 15 is 0 Å². The molecule has 13 nitrogen and oxygen atoms in total. The van der Waals surface area contributed by atoms with Gasteiger partial charge < -0.3 is 18.5 Å². The van der Waals surface area contributed by atoms with Crippen LogP contribution in [0.4, 0.5) is 0 Å². The van der Waals surface area contributed by atoms with Crippen LogP contribution in [-0.2, 0) is 28.5 Å². The highest BCUT2D eigenvalue weighted by atomic mass is 32.2. The molecule has 0 spiro atoms. The highest BCUT2D eigenvalue weighted by Gasteiger charge is 2.84. The second-order valence-electron chi connectivity index (χ2n) is 8.78. The summed E-state index contributed by atoms with van der Waals surface area (Å²) in [6.07, 6.45) is -1.67. The lowest BCUT2D eigenvalue weighted by molar-refractivity contribution is -0.0819. The van der Waals surface area contributed by atoms with Gasteiger partial charge in [0, 0.05) is 31.5 Å². The van der Waals surface area contributed by atoms with Crippen LogP contribution in [0.3, 0.4) is 0 Å². The molecule has 1 saturated carbocycles. The van der Waals surface area contributed by atoms with Crippen molar-refractivity contribution < 1.29 is 26.9 Å². The van der Waals surface area contributed by atoms with Crippen LogP contribution in [0.15, 0.2) is 21.9 Å². The Morgan fingerprint density at radius 1 is 1.34 bits per heavy atom. The summed E-state index contributed by atoms with van der Waals surface area (Å²) in [5.41, 5.74) is -2.81. The van der Waals surface area contributed by atoms with Crippen LogP contribution in [0.25, 0.3) is 0 Å². The predicted octanol–water partition coefficient (Wildman–Crippen LogP) is 0.412. The summed E-state index contributed by atoms with van der Waals surface area (Å²) in [5, 5.41) is 7.85. The first-order valence-corrected chi connectivity index (χ1v) is 13.8. The Kier molecular flexibility index (Phi) is 8.56. The van der Waals surface area contributed by atoms with Crippen molar-refractivity contribution in [3.8, 4) is 6.07 Å². The van der Waals surface area contributed by atoms with Gasteiger partial charge in [-0.05, 0) is 34.7 Å². The minimum atomic E-state index is -3.89. The molecule has 2 fully saturated rings. The van der Waals surface area contributed by atoms with E-state index < -0.39 is 59.1 Å². The van der Waals surface area contributed by atoms with Crippen molar-refractivity contribution in [1.82, 2.24) is 18.9 Å². The number of nitrogens with one attached hydrogen (secondary N) is 2. The van der Waals surface area contributed by atoms with E-state index in [2.05, 4.69) is 9.71 Å². The Balaban J connectivity index is 2.07. The maximum Gasteiger partial charge on any atom is 0.330 e. The lowest BCUT2D eigenvalue weighted by Gasteiger charge is -2.38. The number of aromatic nitrogens is 2. The minimum Gasteiger partial charge on any atom is -0.374 e. The molecule has 6 atom stereocenters. The molecule has 1 aliphatic carbocycles. The normalized spacial score (nSPS) is 28.9. The maximum absolute atomic E-state index is 12.9. The smallest absolute Gasteiger partial charge is 0.330 e. The van der Waals surface area contributed by atoms with E-state index in [9.17, 15) is 18.0 Å².